The Balaban J connectivity index is 1.66. The number of carbonyl (C=O) groups excluding carboxylic acids is 1. The molecule has 9 heteroatoms. The number of para-hydroxylation sites is 1. The minimum atomic E-state index is -3.08. The molecule has 1 atom stereocenters. The standard InChI is InChI=1S/C25H30F2N4O3/c1-14-12-21(34-25(26)27)19(23(32)30-14)13-29-24(33)22-16(3)31(20-7-5-4-6-18(20)22)15(2)17-8-10-28-11-9-17/h4-7,12,15,17,25,28H,8-11,13H2,1-3H3,(H,29,33)(H,30,32)/t15-/m0/s1. The van der Waals surface area contributed by atoms with Crippen LogP contribution in [0.4, 0.5) is 8.78 Å². The number of fused-ring (bicyclic) bond motifs is 1. The van der Waals surface area contributed by atoms with Crippen molar-refractivity contribution in [3.8, 4) is 5.75 Å². The molecule has 2 aromatic heterocycles. The molecule has 1 aliphatic rings. The van der Waals surface area contributed by atoms with Crippen LogP contribution in [0.5, 0.6) is 5.75 Å². The predicted molar refractivity (Wildman–Crippen MR) is 127 cm³/mol. The van der Waals surface area contributed by atoms with E-state index in [-0.39, 0.29) is 29.8 Å². The van der Waals surface area contributed by atoms with Crippen molar-refractivity contribution in [2.24, 2.45) is 5.92 Å². The van der Waals surface area contributed by atoms with Crippen molar-refractivity contribution < 1.29 is 18.3 Å². The molecule has 4 rings (SSSR count). The molecule has 0 bridgehead atoms. The molecule has 1 fully saturated rings. The number of aryl methyl sites for hydroxylation is 1. The number of pyridine rings is 1. The van der Waals surface area contributed by atoms with Crippen LogP contribution in [0, 0.1) is 19.8 Å². The Morgan fingerprint density at radius 2 is 1.94 bits per heavy atom. The third kappa shape index (κ3) is 4.70. The van der Waals surface area contributed by atoms with Crippen LogP contribution < -0.4 is 20.9 Å². The van der Waals surface area contributed by atoms with Crippen LogP contribution in [0.1, 0.15) is 53.1 Å². The Kier molecular flexibility index (Phi) is 7.02. The third-order valence-corrected chi connectivity index (χ3v) is 6.73. The Morgan fingerprint density at radius 3 is 2.65 bits per heavy atom. The summed E-state index contributed by atoms with van der Waals surface area (Å²) >= 11 is 0. The average Bonchev–Trinajstić information content (AvgIpc) is 3.09. The van der Waals surface area contributed by atoms with Gasteiger partial charge in [0.05, 0.1) is 17.7 Å². The Morgan fingerprint density at radius 1 is 1.24 bits per heavy atom. The maximum Gasteiger partial charge on any atom is 0.387 e. The summed E-state index contributed by atoms with van der Waals surface area (Å²) in [6.45, 7) is 4.34. The van der Waals surface area contributed by atoms with Crippen LogP contribution >= 0.6 is 0 Å². The van der Waals surface area contributed by atoms with E-state index in [2.05, 4.69) is 31.8 Å². The van der Waals surface area contributed by atoms with E-state index >= 15 is 0 Å². The average molecular weight is 473 g/mol. The van der Waals surface area contributed by atoms with Gasteiger partial charge < -0.3 is 24.9 Å². The number of hydrogen-bond donors (Lipinski definition) is 3. The third-order valence-electron chi connectivity index (χ3n) is 6.73. The topological polar surface area (TPSA) is 88.2 Å². The first-order chi connectivity index (χ1) is 16.3. The fourth-order valence-corrected chi connectivity index (χ4v) is 5.05. The Hall–Kier alpha value is -3.20. The van der Waals surface area contributed by atoms with Crippen LogP contribution in [0.25, 0.3) is 10.9 Å². The van der Waals surface area contributed by atoms with Crippen LogP contribution in [-0.2, 0) is 6.54 Å². The number of hydrogen-bond acceptors (Lipinski definition) is 4. The first-order valence-electron chi connectivity index (χ1n) is 11.5. The number of nitrogens with zero attached hydrogens (tertiary/aromatic N) is 1. The number of carbonyl (C=O) groups is 1. The molecular formula is C25H30F2N4O3. The quantitative estimate of drug-likeness (QED) is 0.484. The number of aromatic nitrogens is 2. The van der Waals surface area contributed by atoms with Gasteiger partial charge in [-0.2, -0.15) is 8.78 Å². The second-order valence-electron chi connectivity index (χ2n) is 8.86. The maximum atomic E-state index is 13.3. The van der Waals surface area contributed by atoms with Gasteiger partial charge in [-0.3, -0.25) is 9.59 Å². The number of alkyl halides is 2. The van der Waals surface area contributed by atoms with Gasteiger partial charge in [-0.25, -0.2) is 0 Å². The fraction of sp³-hybridized carbons (Fsp3) is 0.440. The van der Waals surface area contributed by atoms with Crippen molar-refractivity contribution >= 4 is 16.8 Å². The molecule has 1 amide bonds. The number of nitrogens with one attached hydrogen (secondary N) is 3. The minimum absolute atomic E-state index is 0.0521. The summed E-state index contributed by atoms with van der Waals surface area (Å²) in [5, 5.41) is 6.96. The van der Waals surface area contributed by atoms with Gasteiger partial charge >= 0.3 is 6.61 Å². The lowest BCUT2D eigenvalue weighted by molar-refractivity contribution is -0.0506. The van der Waals surface area contributed by atoms with Gasteiger partial charge in [-0.15, -0.1) is 0 Å². The van der Waals surface area contributed by atoms with Crippen LogP contribution in [0.3, 0.4) is 0 Å². The van der Waals surface area contributed by atoms with E-state index in [1.54, 1.807) is 6.92 Å². The van der Waals surface area contributed by atoms with Gasteiger partial charge in [0, 0.05) is 34.4 Å². The highest BCUT2D eigenvalue weighted by molar-refractivity contribution is 6.08. The number of amides is 1. The zero-order chi connectivity index (χ0) is 24.4. The van der Waals surface area contributed by atoms with Crippen LogP contribution in [0.2, 0.25) is 0 Å². The van der Waals surface area contributed by atoms with E-state index in [9.17, 15) is 18.4 Å². The van der Waals surface area contributed by atoms with E-state index in [0.29, 0.717) is 17.2 Å². The van der Waals surface area contributed by atoms with Crippen LogP contribution in [-0.4, -0.2) is 35.2 Å². The lowest BCUT2D eigenvalue weighted by Crippen LogP contribution is -2.32. The van der Waals surface area contributed by atoms with Crippen molar-refractivity contribution in [3.63, 3.8) is 0 Å². The highest BCUT2D eigenvalue weighted by Crippen LogP contribution is 2.34. The number of halogens is 2. The van der Waals surface area contributed by atoms with E-state index < -0.39 is 12.2 Å². The monoisotopic (exact) mass is 472 g/mol. The summed E-state index contributed by atoms with van der Waals surface area (Å²) in [5.41, 5.74) is 2.11. The number of benzene rings is 1. The van der Waals surface area contributed by atoms with E-state index in [1.807, 2.05) is 31.2 Å². The lowest BCUT2D eigenvalue weighted by atomic mass is 9.91. The minimum Gasteiger partial charge on any atom is -0.434 e. The Labute approximate surface area is 196 Å². The molecule has 0 spiro atoms. The lowest BCUT2D eigenvalue weighted by Gasteiger charge is -2.30. The van der Waals surface area contributed by atoms with E-state index in [4.69, 9.17) is 0 Å². The van der Waals surface area contributed by atoms with Crippen molar-refractivity contribution in [2.75, 3.05) is 13.1 Å². The SMILES string of the molecule is Cc1cc(OC(F)F)c(CNC(=O)c2c(C)n([C@@H](C)C3CCNCC3)c3ccccc23)c(=O)[nH]1. The normalized spacial score (nSPS) is 15.6. The summed E-state index contributed by atoms with van der Waals surface area (Å²) < 4.78 is 32.5. The largest absolute Gasteiger partial charge is 0.434 e. The molecule has 3 heterocycles. The molecule has 0 saturated carbocycles. The smallest absolute Gasteiger partial charge is 0.387 e. The summed E-state index contributed by atoms with van der Waals surface area (Å²) in [6, 6.07) is 9.29. The second-order valence-corrected chi connectivity index (χ2v) is 8.86. The molecule has 1 saturated heterocycles. The number of H-pyrrole nitrogens is 1. The first-order valence-corrected chi connectivity index (χ1v) is 11.5. The molecule has 182 valence electrons. The summed E-state index contributed by atoms with van der Waals surface area (Å²) in [5.74, 6) is -0.116. The van der Waals surface area contributed by atoms with Crippen molar-refractivity contribution in [2.45, 2.75) is 52.8 Å². The molecule has 1 aromatic carbocycles. The van der Waals surface area contributed by atoms with Crippen molar-refractivity contribution in [3.05, 3.63) is 63.2 Å². The molecule has 3 N–H and O–H groups in total. The molecule has 34 heavy (non-hydrogen) atoms. The number of ether oxygens (including phenoxy) is 1. The van der Waals surface area contributed by atoms with Gasteiger partial charge in [-0.1, -0.05) is 18.2 Å². The van der Waals surface area contributed by atoms with Crippen molar-refractivity contribution in [1.82, 2.24) is 20.2 Å². The van der Waals surface area contributed by atoms with Crippen molar-refractivity contribution in [1.29, 1.82) is 0 Å². The van der Waals surface area contributed by atoms with Gasteiger partial charge in [0.15, 0.2) is 0 Å². The van der Waals surface area contributed by atoms with Gasteiger partial charge in [0.2, 0.25) is 0 Å². The fourth-order valence-electron chi connectivity index (χ4n) is 5.05. The number of rotatable bonds is 7. The first kappa shape index (κ1) is 23.9. The molecule has 0 unspecified atom stereocenters. The molecule has 1 aliphatic heterocycles. The molecule has 0 aliphatic carbocycles. The summed E-state index contributed by atoms with van der Waals surface area (Å²) in [7, 11) is 0. The van der Waals surface area contributed by atoms with Gasteiger partial charge in [0.25, 0.3) is 11.5 Å². The molecule has 3 aromatic rings. The highest BCUT2D eigenvalue weighted by atomic mass is 19.3. The molecular weight excluding hydrogens is 442 g/mol. The summed E-state index contributed by atoms with van der Waals surface area (Å²) in [4.78, 5) is 28.3. The van der Waals surface area contributed by atoms with E-state index in [0.717, 1.165) is 42.5 Å². The highest BCUT2D eigenvalue weighted by Gasteiger charge is 2.27. The Bertz CT molecular complexity index is 1240. The molecule has 7 nitrogen and oxygen atoms in total. The number of aromatic amines is 1. The van der Waals surface area contributed by atoms with E-state index in [1.165, 1.54) is 6.07 Å². The van der Waals surface area contributed by atoms with Crippen LogP contribution in [0.15, 0.2) is 35.1 Å². The molecule has 0 radical (unpaired) electrons. The second kappa shape index (κ2) is 9.97. The maximum absolute atomic E-state index is 13.3. The zero-order valence-corrected chi connectivity index (χ0v) is 19.6. The predicted octanol–water partition coefficient (Wildman–Crippen LogP) is 4.04. The zero-order valence-electron chi connectivity index (χ0n) is 19.6. The van der Waals surface area contributed by atoms with Gasteiger partial charge in [0.1, 0.15) is 5.75 Å². The number of piperidine rings is 1. The summed E-state index contributed by atoms with van der Waals surface area (Å²) in [6.07, 6.45) is 2.13. The van der Waals surface area contributed by atoms with Gasteiger partial charge in [-0.05, 0) is 58.7 Å².